The van der Waals surface area contributed by atoms with Crippen molar-refractivity contribution in [2.24, 2.45) is 0 Å². The van der Waals surface area contributed by atoms with Gasteiger partial charge in [0.05, 0.1) is 12.6 Å². The molecule has 0 spiro atoms. The topological polar surface area (TPSA) is 66.4 Å². The molecule has 0 bridgehead atoms. The minimum absolute atomic E-state index is 0.701. The summed E-state index contributed by atoms with van der Waals surface area (Å²) in [4.78, 5) is 18.3. The lowest BCUT2D eigenvalue weighted by Crippen LogP contribution is -2.47. The number of anilines is 4. The molecule has 1 saturated heterocycles. The molecule has 1 fully saturated rings. The van der Waals surface area contributed by atoms with E-state index in [0.717, 1.165) is 60.3 Å². The minimum Gasteiger partial charge on any atom is -0.497 e. The Kier molecular flexibility index (Phi) is 5.64. The summed E-state index contributed by atoms with van der Waals surface area (Å²) in [6.07, 6.45) is 3.64. The maximum atomic E-state index is 6.14. The summed E-state index contributed by atoms with van der Waals surface area (Å²) >= 11 is 6.14. The van der Waals surface area contributed by atoms with Crippen LogP contribution in [-0.2, 0) is 0 Å². The second kappa shape index (κ2) is 8.88. The van der Waals surface area contributed by atoms with Gasteiger partial charge in [-0.1, -0.05) is 11.6 Å². The first-order valence-corrected chi connectivity index (χ1v) is 10.9. The lowest BCUT2D eigenvalue weighted by molar-refractivity contribution is 0.415. The van der Waals surface area contributed by atoms with E-state index >= 15 is 0 Å². The second-order valence-corrected chi connectivity index (χ2v) is 8.00. The zero-order chi connectivity index (χ0) is 21.9. The van der Waals surface area contributed by atoms with Gasteiger partial charge >= 0.3 is 0 Å². The average molecular weight is 447 g/mol. The van der Waals surface area contributed by atoms with Crippen molar-refractivity contribution in [1.29, 1.82) is 0 Å². The van der Waals surface area contributed by atoms with E-state index in [4.69, 9.17) is 21.3 Å². The molecule has 2 aromatic heterocycles. The Hall–Kier alpha value is -3.58. The molecule has 32 heavy (non-hydrogen) atoms. The number of piperazine rings is 1. The number of nitrogens with one attached hydrogen (secondary N) is 1. The van der Waals surface area contributed by atoms with Crippen LogP contribution in [0.5, 0.6) is 5.75 Å². The van der Waals surface area contributed by atoms with Crippen LogP contribution in [0.4, 0.5) is 23.1 Å². The van der Waals surface area contributed by atoms with E-state index in [1.807, 2.05) is 54.7 Å². The number of nitrogens with zero attached hydrogens (tertiary/aromatic N) is 5. The number of methoxy groups -OCH3 is 1. The van der Waals surface area contributed by atoms with Crippen LogP contribution in [0.15, 0.2) is 67.0 Å². The number of fused-ring (bicyclic) bond motifs is 1. The summed E-state index contributed by atoms with van der Waals surface area (Å²) in [7, 11) is 1.66. The predicted molar refractivity (Wildman–Crippen MR) is 129 cm³/mol. The quantitative estimate of drug-likeness (QED) is 0.474. The third kappa shape index (κ3) is 4.24. The standard InChI is InChI=1S/C24H23ClN6O/c1-32-19-5-3-18(4-6-19)28-23-9-11-27-24(29-23)31-14-12-30(13-15-31)22-8-10-26-21-16-17(25)2-7-20(21)22/h2-11,16H,12-15H2,1H3,(H,27,28,29). The second-order valence-electron chi connectivity index (χ2n) is 7.56. The van der Waals surface area contributed by atoms with Gasteiger partial charge in [-0.2, -0.15) is 4.98 Å². The number of pyridine rings is 1. The number of benzene rings is 2. The monoisotopic (exact) mass is 446 g/mol. The van der Waals surface area contributed by atoms with Crippen molar-refractivity contribution in [2.75, 3.05) is 48.4 Å². The molecule has 4 aromatic rings. The van der Waals surface area contributed by atoms with Crippen LogP contribution in [0.3, 0.4) is 0 Å². The summed E-state index contributed by atoms with van der Waals surface area (Å²) < 4.78 is 5.21. The molecule has 0 unspecified atom stereocenters. The number of aromatic nitrogens is 3. The van der Waals surface area contributed by atoms with E-state index in [9.17, 15) is 0 Å². The third-order valence-corrected chi connectivity index (χ3v) is 5.83. The van der Waals surface area contributed by atoms with Gasteiger partial charge in [-0.3, -0.25) is 4.98 Å². The van der Waals surface area contributed by atoms with Gasteiger partial charge in [0.25, 0.3) is 0 Å². The molecule has 1 N–H and O–H groups in total. The van der Waals surface area contributed by atoms with E-state index in [1.54, 1.807) is 13.3 Å². The Bertz CT molecular complexity index is 1220. The molecule has 1 aliphatic heterocycles. The predicted octanol–water partition coefficient (Wildman–Crippen LogP) is 4.76. The highest BCUT2D eigenvalue weighted by Crippen LogP contribution is 2.29. The first kappa shape index (κ1) is 20.3. The fourth-order valence-electron chi connectivity index (χ4n) is 3.92. The van der Waals surface area contributed by atoms with Crippen molar-refractivity contribution in [1.82, 2.24) is 15.0 Å². The van der Waals surface area contributed by atoms with Crippen LogP contribution in [0.1, 0.15) is 0 Å². The van der Waals surface area contributed by atoms with Crippen LogP contribution in [-0.4, -0.2) is 48.2 Å². The molecule has 0 amide bonds. The van der Waals surface area contributed by atoms with Crippen molar-refractivity contribution in [3.63, 3.8) is 0 Å². The first-order valence-electron chi connectivity index (χ1n) is 10.5. The fraction of sp³-hybridized carbons (Fsp3) is 0.208. The number of ether oxygens (including phenoxy) is 1. The lowest BCUT2D eigenvalue weighted by atomic mass is 10.1. The van der Waals surface area contributed by atoms with Crippen LogP contribution >= 0.6 is 11.6 Å². The number of hydrogen-bond donors (Lipinski definition) is 1. The number of halogens is 1. The van der Waals surface area contributed by atoms with Crippen LogP contribution in [0, 0.1) is 0 Å². The van der Waals surface area contributed by atoms with Crippen molar-refractivity contribution >= 4 is 45.6 Å². The lowest BCUT2D eigenvalue weighted by Gasteiger charge is -2.36. The molecule has 0 radical (unpaired) electrons. The molecule has 3 heterocycles. The molecule has 8 heteroatoms. The SMILES string of the molecule is COc1ccc(Nc2ccnc(N3CCN(c4ccnc5cc(Cl)ccc45)CC3)n2)cc1. The van der Waals surface area contributed by atoms with Gasteiger partial charge in [-0.15, -0.1) is 0 Å². The van der Waals surface area contributed by atoms with Crippen molar-refractivity contribution in [3.05, 3.63) is 72.0 Å². The van der Waals surface area contributed by atoms with Gasteiger partial charge in [0.1, 0.15) is 11.6 Å². The van der Waals surface area contributed by atoms with Crippen molar-refractivity contribution in [3.8, 4) is 5.75 Å². The van der Waals surface area contributed by atoms with Gasteiger partial charge in [0, 0.05) is 60.4 Å². The Morgan fingerprint density at radius 2 is 1.62 bits per heavy atom. The zero-order valence-corrected chi connectivity index (χ0v) is 18.5. The Morgan fingerprint density at radius 3 is 2.41 bits per heavy atom. The summed E-state index contributed by atoms with van der Waals surface area (Å²) in [5, 5.41) is 5.15. The summed E-state index contributed by atoms with van der Waals surface area (Å²) in [6, 6.07) is 17.6. The molecule has 2 aromatic carbocycles. The molecule has 7 nitrogen and oxygen atoms in total. The average Bonchev–Trinajstić information content (AvgIpc) is 2.84. The molecule has 0 saturated carbocycles. The molecule has 5 rings (SSSR count). The van der Waals surface area contributed by atoms with Crippen LogP contribution < -0.4 is 19.9 Å². The molecular formula is C24H23ClN6O. The Labute approximate surface area is 191 Å². The zero-order valence-electron chi connectivity index (χ0n) is 17.7. The molecule has 1 aliphatic rings. The van der Waals surface area contributed by atoms with E-state index in [2.05, 4.69) is 31.2 Å². The molecule has 0 aliphatic carbocycles. The van der Waals surface area contributed by atoms with Gasteiger partial charge in [0.2, 0.25) is 5.95 Å². The van der Waals surface area contributed by atoms with Crippen LogP contribution in [0.2, 0.25) is 5.02 Å². The highest BCUT2D eigenvalue weighted by molar-refractivity contribution is 6.31. The van der Waals surface area contributed by atoms with E-state index in [1.165, 1.54) is 5.69 Å². The Balaban J connectivity index is 1.28. The number of hydrogen-bond acceptors (Lipinski definition) is 7. The van der Waals surface area contributed by atoms with E-state index < -0.39 is 0 Å². The highest BCUT2D eigenvalue weighted by Gasteiger charge is 2.21. The van der Waals surface area contributed by atoms with Crippen LogP contribution in [0.25, 0.3) is 10.9 Å². The fourth-order valence-corrected chi connectivity index (χ4v) is 4.09. The molecule has 162 valence electrons. The molecule has 0 atom stereocenters. The minimum atomic E-state index is 0.701. The maximum absolute atomic E-state index is 6.14. The Morgan fingerprint density at radius 1 is 0.875 bits per heavy atom. The van der Waals surface area contributed by atoms with Crippen molar-refractivity contribution < 1.29 is 4.74 Å². The van der Waals surface area contributed by atoms with E-state index in [0.29, 0.717) is 5.02 Å². The highest BCUT2D eigenvalue weighted by atomic mass is 35.5. The number of rotatable bonds is 5. The van der Waals surface area contributed by atoms with Gasteiger partial charge in [-0.25, -0.2) is 4.98 Å². The van der Waals surface area contributed by atoms with E-state index in [-0.39, 0.29) is 0 Å². The first-order chi connectivity index (χ1) is 15.7. The van der Waals surface area contributed by atoms with Gasteiger partial charge < -0.3 is 19.9 Å². The summed E-state index contributed by atoms with van der Waals surface area (Å²) in [5.74, 6) is 2.32. The van der Waals surface area contributed by atoms with Crippen molar-refractivity contribution in [2.45, 2.75) is 0 Å². The third-order valence-electron chi connectivity index (χ3n) is 5.59. The molecular weight excluding hydrogens is 424 g/mol. The smallest absolute Gasteiger partial charge is 0.227 e. The maximum Gasteiger partial charge on any atom is 0.227 e. The largest absolute Gasteiger partial charge is 0.497 e. The summed E-state index contributed by atoms with van der Waals surface area (Å²) in [5.41, 5.74) is 3.05. The van der Waals surface area contributed by atoms with Gasteiger partial charge in [0.15, 0.2) is 0 Å². The van der Waals surface area contributed by atoms with Gasteiger partial charge in [-0.05, 0) is 54.6 Å². The summed E-state index contributed by atoms with van der Waals surface area (Å²) in [6.45, 7) is 3.43. The normalized spacial score (nSPS) is 13.9.